The molecule has 0 aliphatic carbocycles. The van der Waals surface area contributed by atoms with E-state index in [0.29, 0.717) is 11.3 Å². The van der Waals surface area contributed by atoms with Gasteiger partial charge < -0.3 is 10.1 Å². The van der Waals surface area contributed by atoms with E-state index in [9.17, 15) is 22.8 Å². The Labute approximate surface area is 141 Å². The van der Waals surface area contributed by atoms with E-state index in [1.807, 2.05) is 0 Å². The van der Waals surface area contributed by atoms with E-state index in [2.05, 4.69) is 15.0 Å². The number of amides is 1. The molecule has 0 aliphatic heterocycles. The molecule has 134 valence electrons. The highest BCUT2D eigenvalue weighted by Gasteiger charge is 2.31. The maximum atomic E-state index is 12.1. The van der Waals surface area contributed by atoms with Crippen LogP contribution in [0.1, 0.15) is 21.6 Å². The van der Waals surface area contributed by atoms with E-state index in [1.165, 1.54) is 23.0 Å². The van der Waals surface area contributed by atoms with Gasteiger partial charge in [-0.25, -0.2) is 4.98 Å². The van der Waals surface area contributed by atoms with Crippen LogP contribution in [0.2, 0.25) is 0 Å². The number of alkyl halides is 3. The van der Waals surface area contributed by atoms with E-state index in [-0.39, 0.29) is 24.2 Å². The first-order valence-electron chi connectivity index (χ1n) is 7.34. The number of nitrogens with one attached hydrogen (secondary N) is 1. The van der Waals surface area contributed by atoms with Gasteiger partial charge >= 0.3 is 6.36 Å². The summed E-state index contributed by atoms with van der Waals surface area (Å²) >= 11 is 0. The van der Waals surface area contributed by atoms with Crippen molar-refractivity contribution in [3.05, 3.63) is 57.8 Å². The lowest BCUT2D eigenvalue weighted by Crippen LogP contribution is -2.32. The van der Waals surface area contributed by atoms with Gasteiger partial charge in [0.25, 0.3) is 11.5 Å². The van der Waals surface area contributed by atoms with Gasteiger partial charge in [-0.1, -0.05) is 0 Å². The van der Waals surface area contributed by atoms with Crippen LogP contribution >= 0.6 is 0 Å². The number of hydrogen-bond acceptors (Lipinski definition) is 4. The minimum absolute atomic E-state index is 0.170. The van der Waals surface area contributed by atoms with Crippen LogP contribution in [0, 0.1) is 13.8 Å². The number of aryl methyl sites for hydroxylation is 1. The van der Waals surface area contributed by atoms with Gasteiger partial charge in [0.2, 0.25) is 0 Å². The van der Waals surface area contributed by atoms with Gasteiger partial charge in [0.05, 0.1) is 6.33 Å². The van der Waals surface area contributed by atoms with Crippen LogP contribution in [0.15, 0.2) is 35.4 Å². The molecule has 2 aromatic rings. The number of carbonyl (C=O) groups excluding carboxylic acids is 1. The topological polar surface area (TPSA) is 73.2 Å². The van der Waals surface area contributed by atoms with Crippen molar-refractivity contribution in [1.29, 1.82) is 0 Å². The molecule has 0 saturated heterocycles. The second-order valence-electron chi connectivity index (χ2n) is 5.28. The monoisotopic (exact) mass is 355 g/mol. The van der Waals surface area contributed by atoms with Gasteiger partial charge in [0.1, 0.15) is 5.75 Å². The van der Waals surface area contributed by atoms with Crippen molar-refractivity contribution in [3.63, 3.8) is 0 Å². The number of ether oxygens (including phenoxy) is 1. The zero-order chi connectivity index (χ0) is 18.6. The quantitative estimate of drug-likeness (QED) is 0.892. The molecule has 0 spiro atoms. The van der Waals surface area contributed by atoms with Crippen molar-refractivity contribution < 1.29 is 22.7 Å². The second-order valence-corrected chi connectivity index (χ2v) is 5.28. The van der Waals surface area contributed by atoms with E-state index < -0.39 is 18.0 Å². The zero-order valence-electron chi connectivity index (χ0n) is 13.6. The first-order valence-corrected chi connectivity index (χ1v) is 7.34. The van der Waals surface area contributed by atoms with Crippen molar-refractivity contribution >= 4 is 5.91 Å². The van der Waals surface area contributed by atoms with Crippen LogP contribution in [0.3, 0.4) is 0 Å². The molecule has 0 saturated carbocycles. The molecule has 1 N–H and O–H groups in total. The SMILES string of the molecule is Cc1ncn(CCNC(=O)c2ccc(OC(F)(F)F)cc2)c(=O)c1C. The Kier molecular flexibility index (Phi) is 5.45. The predicted octanol–water partition coefficient (Wildman–Crippen LogP) is 2.19. The van der Waals surface area contributed by atoms with Crippen molar-refractivity contribution in [1.82, 2.24) is 14.9 Å². The highest BCUT2D eigenvalue weighted by Crippen LogP contribution is 2.22. The molecule has 2 rings (SSSR count). The van der Waals surface area contributed by atoms with Crippen molar-refractivity contribution in [2.75, 3.05) is 6.54 Å². The van der Waals surface area contributed by atoms with Gasteiger partial charge in [-0.3, -0.25) is 14.2 Å². The van der Waals surface area contributed by atoms with E-state index in [1.54, 1.807) is 13.8 Å². The summed E-state index contributed by atoms with van der Waals surface area (Å²) in [6.07, 6.45) is -3.38. The Bertz CT molecular complexity index is 814. The number of carbonyl (C=O) groups is 1. The van der Waals surface area contributed by atoms with Crippen LogP contribution in [0.4, 0.5) is 13.2 Å². The third-order valence-electron chi connectivity index (χ3n) is 3.50. The van der Waals surface area contributed by atoms with Gasteiger partial charge in [-0.05, 0) is 38.1 Å². The predicted molar refractivity (Wildman–Crippen MR) is 83.4 cm³/mol. The van der Waals surface area contributed by atoms with Crippen LogP contribution in [0.25, 0.3) is 0 Å². The van der Waals surface area contributed by atoms with Crippen molar-refractivity contribution in [2.24, 2.45) is 0 Å². The summed E-state index contributed by atoms with van der Waals surface area (Å²) in [5.41, 5.74) is 1.18. The second kappa shape index (κ2) is 7.37. The van der Waals surface area contributed by atoms with Crippen molar-refractivity contribution in [3.8, 4) is 5.75 Å². The number of rotatable bonds is 5. The Morgan fingerprint density at radius 2 is 1.88 bits per heavy atom. The zero-order valence-corrected chi connectivity index (χ0v) is 13.6. The van der Waals surface area contributed by atoms with Gasteiger partial charge in [-0.2, -0.15) is 0 Å². The van der Waals surface area contributed by atoms with Gasteiger partial charge in [-0.15, -0.1) is 13.2 Å². The lowest BCUT2D eigenvalue weighted by Gasteiger charge is -2.10. The number of nitrogens with zero attached hydrogens (tertiary/aromatic N) is 2. The lowest BCUT2D eigenvalue weighted by molar-refractivity contribution is -0.274. The third-order valence-corrected chi connectivity index (χ3v) is 3.50. The standard InChI is InChI=1S/C16H16F3N3O3/c1-10-11(2)21-9-22(15(10)24)8-7-20-14(23)12-3-5-13(6-4-12)25-16(17,18)19/h3-6,9H,7-8H2,1-2H3,(H,20,23). The molecule has 25 heavy (non-hydrogen) atoms. The molecule has 1 heterocycles. The van der Waals surface area contributed by atoms with Gasteiger partial charge in [0, 0.05) is 29.9 Å². The Balaban J connectivity index is 1.92. The first-order chi connectivity index (χ1) is 11.7. The Morgan fingerprint density at radius 1 is 1.24 bits per heavy atom. The smallest absolute Gasteiger partial charge is 0.406 e. The van der Waals surface area contributed by atoms with Crippen LogP contribution in [-0.2, 0) is 6.54 Å². The summed E-state index contributed by atoms with van der Waals surface area (Å²) in [4.78, 5) is 28.0. The summed E-state index contributed by atoms with van der Waals surface area (Å²) in [6, 6.07) is 4.56. The molecular weight excluding hydrogens is 339 g/mol. The Hall–Kier alpha value is -2.84. The van der Waals surface area contributed by atoms with Crippen LogP contribution < -0.4 is 15.6 Å². The molecule has 9 heteroatoms. The first kappa shape index (κ1) is 18.5. The van der Waals surface area contributed by atoms with E-state index in [0.717, 1.165) is 12.1 Å². The number of halogens is 3. The summed E-state index contributed by atoms with van der Waals surface area (Å²) in [7, 11) is 0. The number of aromatic nitrogens is 2. The fourth-order valence-electron chi connectivity index (χ4n) is 2.03. The third kappa shape index (κ3) is 5.07. The molecule has 1 aromatic carbocycles. The Morgan fingerprint density at radius 3 is 2.48 bits per heavy atom. The maximum Gasteiger partial charge on any atom is 0.573 e. The summed E-state index contributed by atoms with van der Waals surface area (Å²) in [5, 5.41) is 2.59. The van der Waals surface area contributed by atoms with E-state index >= 15 is 0 Å². The average molecular weight is 355 g/mol. The normalized spacial score (nSPS) is 11.2. The van der Waals surface area contributed by atoms with Crippen LogP contribution in [0.5, 0.6) is 5.75 Å². The van der Waals surface area contributed by atoms with Crippen molar-refractivity contribution in [2.45, 2.75) is 26.8 Å². The molecule has 0 bridgehead atoms. The van der Waals surface area contributed by atoms with Crippen LogP contribution in [-0.4, -0.2) is 28.4 Å². The summed E-state index contributed by atoms with van der Waals surface area (Å²) in [6.45, 7) is 3.80. The minimum Gasteiger partial charge on any atom is -0.406 e. The summed E-state index contributed by atoms with van der Waals surface area (Å²) in [5.74, 6) is -0.875. The maximum absolute atomic E-state index is 12.1. The molecule has 6 nitrogen and oxygen atoms in total. The fourth-order valence-corrected chi connectivity index (χ4v) is 2.03. The minimum atomic E-state index is -4.78. The molecule has 0 fully saturated rings. The van der Waals surface area contributed by atoms with Gasteiger partial charge in [0.15, 0.2) is 0 Å². The molecule has 1 aromatic heterocycles. The highest BCUT2D eigenvalue weighted by atomic mass is 19.4. The summed E-state index contributed by atoms with van der Waals surface area (Å²) < 4.78 is 41.3. The number of benzene rings is 1. The fraction of sp³-hybridized carbons (Fsp3) is 0.312. The molecular formula is C16H16F3N3O3. The molecule has 0 radical (unpaired) electrons. The highest BCUT2D eigenvalue weighted by molar-refractivity contribution is 5.94. The lowest BCUT2D eigenvalue weighted by atomic mass is 10.2. The molecule has 0 unspecified atom stereocenters. The average Bonchev–Trinajstić information content (AvgIpc) is 2.54. The number of hydrogen-bond donors (Lipinski definition) is 1. The molecule has 1 amide bonds. The largest absolute Gasteiger partial charge is 0.573 e. The molecule has 0 atom stereocenters. The van der Waals surface area contributed by atoms with E-state index in [4.69, 9.17) is 0 Å². The molecule has 0 aliphatic rings.